The van der Waals surface area contributed by atoms with Crippen LogP contribution < -0.4 is 15.5 Å². The molecule has 1 aliphatic heterocycles. The van der Waals surface area contributed by atoms with Crippen LogP contribution >= 0.6 is 0 Å². The first-order chi connectivity index (χ1) is 18.7. The van der Waals surface area contributed by atoms with Gasteiger partial charge in [-0.25, -0.2) is 14.2 Å². The summed E-state index contributed by atoms with van der Waals surface area (Å²) in [7, 11) is 0. The molecule has 4 aromatic rings. The van der Waals surface area contributed by atoms with Crippen molar-refractivity contribution in [2.24, 2.45) is 0 Å². The van der Waals surface area contributed by atoms with Gasteiger partial charge in [-0.05, 0) is 48.5 Å². The maximum atomic E-state index is 14.7. The van der Waals surface area contributed by atoms with Gasteiger partial charge in [-0.15, -0.1) is 0 Å². The molecule has 0 unspecified atom stereocenters. The van der Waals surface area contributed by atoms with E-state index < -0.39 is 29.5 Å². The Morgan fingerprint density at radius 3 is 2.38 bits per heavy atom. The monoisotopic (exact) mass is 540 g/mol. The van der Waals surface area contributed by atoms with Gasteiger partial charge in [-0.2, -0.15) is 13.2 Å². The van der Waals surface area contributed by atoms with Crippen LogP contribution in [0.1, 0.15) is 21.6 Å². The summed E-state index contributed by atoms with van der Waals surface area (Å²) in [5.41, 5.74) is -0.414. The molecular formula is C26H20F4N6O3. The lowest BCUT2D eigenvalue weighted by molar-refractivity contribution is -0.141. The van der Waals surface area contributed by atoms with Gasteiger partial charge in [0.1, 0.15) is 17.3 Å². The molecule has 0 saturated carbocycles. The number of hydrogen-bond acceptors (Lipinski definition) is 7. The fourth-order valence-electron chi connectivity index (χ4n) is 3.98. The molecule has 2 amide bonds. The normalized spacial score (nSPS) is 13.8. The van der Waals surface area contributed by atoms with Crippen molar-refractivity contribution in [3.05, 3.63) is 83.6 Å². The predicted molar refractivity (Wildman–Crippen MR) is 134 cm³/mol. The van der Waals surface area contributed by atoms with Crippen molar-refractivity contribution >= 4 is 40.0 Å². The number of aromatic nitrogens is 3. The average molecular weight is 540 g/mol. The number of carbonyl (C=O) groups excluding carboxylic acids is 2. The van der Waals surface area contributed by atoms with Crippen LogP contribution in [0.5, 0.6) is 0 Å². The van der Waals surface area contributed by atoms with Crippen LogP contribution in [0.2, 0.25) is 0 Å². The minimum Gasteiger partial charge on any atom is -0.378 e. The van der Waals surface area contributed by atoms with Crippen LogP contribution in [0.15, 0.2) is 60.9 Å². The number of amides is 2. The number of halogens is 4. The van der Waals surface area contributed by atoms with Gasteiger partial charge in [0.2, 0.25) is 0 Å². The highest BCUT2D eigenvalue weighted by molar-refractivity contribution is 6.11. The van der Waals surface area contributed by atoms with Crippen LogP contribution in [0.4, 0.5) is 39.5 Å². The van der Waals surface area contributed by atoms with E-state index in [-0.39, 0.29) is 22.5 Å². The zero-order valence-electron chi connectivity index (χ0n) is 20.1. The highest BCUT2D eigenvalue weighted by atomic mass is 19.4. The van der Waals surface area contributed by atoms with E-state index >= 15 is 0 Å². The Labute approximate surface area is 218 Å². The quantitative estimate of drug-likeness (QED) is 0.274. The Kier molecular flexibility index (Phi) is 7.07. The minimum absolute atomic E-state index is 0.0533. The van der Waals surface area contributed by atoms with E-state index in [1.54, 1.807) is 12.3 Å². The lowest BCUT2D eigenvalue weighted by Gasteiger charge is -2.27. The molecule has 5 rings (SSSR count). The van der Waals surface area contributed by atoms with E-state index in [9.17, 15) is 27.2 Å². The summed E-state index contributed by atoms with van der Waals surface area (Å²) in [6.07, 6.45) is -2.13. The van der Waals surface area contributed by atoms with Crippen LogP contribution in [-0.4, -0.2) is 53.1 Å². The molecule has 1 fully saturated rings. The Bertz CT molecular complexity index is 1560. The molecule has 39 heavy (non-hydrogen) atoms. The fourth-order valence-corrected chi connectivity index (χ4v) is 3.98. The third kappa shape index (κ3) is 5.93. The molecule has 2 aromatic carbocycles. The lowest BCUT2D eigenvalue weighted by atomic mass is 10.0. The molecule has 2 N–H and O–H groups in total. The number of nitrogens with zero attached hydrogens (tertiary/aromatic N) is 4. The van der Waals surface area contributed by atoms with E-state index in [1.165, 1.54) is 24.3 Å². The van der Waals surface area contributed by atoms with Gasteiger partial charge in [0, 0.05) is 36.2 Å². The van der Waals surface area contributed by atoms with Crippen molar-refractivity contribution in [2.75, 3.05) is 41.8 Å². The number of morpholine rings is 1. The van der Waals surface area contributed by atoms with Crippen molar-refractivity contribution < 1.29 is 31.9 Å². The first kappa shape index (κ1) is 26.0. The number of urea groups is 1. The first-order valence-electron chi connectivity index (χ1n) is 11.7. The average Bonchev–Trinajstić information content (AvgIpc) is 2.93. The number of alkyl halides is 3. The number of hydrogen-bond donors (Lipinski definition) is 2. The summed E-state index contributed by atoms with van der Waals surface area (Å²) >= 11 is 0. The van der Waals surface area contributed by atoms with Crippen LogP contribution in [0.25, 0.3) is 11.0 Å². The van der Waals surface area contributed by atoms with Gasteiger partial charge in [0.05, 0.1) is 36.0 Å². The molecule has 0 bridgehead atoms. The first-order valence-corrected chi connectivity index (χ1v) is 11.7. The van der Waals surface area contributed by atoms with Gasteiger partial charge >= 0.3 is 12.2 Å². The van der Waals surface area contributed by atoms with E-state index in [4.69, 9.17) is 4.74 Å². The molecule has 9 nitrogen and oxygen atoms in total. The summed E-state index contributed by atoms with van der Waals surface area (Å²) in [5, 5.41) is 4.64. The molecule has 1 saturated heterocycles. The molecule has 1 aliphatic rings. The van der Waals surface area contributed by atoms with Crippen molar-refractivity contribution in [1.29, 1.82) is 0 Å². The summed E-state index contributed by atoms with van der Waals surface area (Å²) in [5.74, 6) is -0.834. The highest BCUT2D eigenvalue weighted by Crippen LogP contribution is 2.29. The van der Waals surface area contributed by atoms with E-state index in [2.05, 4.69) is 25.6 Å². The van der Waals surface area contributed by atoms with Crippen molar-refractivity contribution in [3.8, 4) is 0 Å². The van der Waals surface area contributed by atoms with Gasteiger partial charge in [-0.3, -0.25) is 14.8 Å². The number of ether oxygens (including phenoxy) is 1. The SMILES string of the molecule is O=C(Nc1ccnc(C(F)(F)F)c1)Nc1ccc(F)c(C(=O)c2ccc3ncc(N4CCOCC4)nc3c2)c1. The third-order valence-corrected chi connectivity index (χ3v) is 5.90. The molecule has 2 aromatic heterocycles. The predicted octanol–water partition coefficient (Wildman–Crippen LogP) is 4.89. The summed E-state index contributed by atoms with van der Waals surface area (Å²) in [6.45, 7) is 2.44. The van der Waals surface area contributed by atoms with Gasteiger partial charge < -0.3 is 20.3 Å². The Hall–Kier alpha value is -4.65. The zero-order valence-corrected chi connectivity index (χ0v) is 20.1. The number of nitrogens with one attached hydrogen (secondary N) is 2. The van der Waals surface area contributed by atoms with Crippen molar-refractivity contribution in [1.82, 2.24) is 15.0 Å². The lowest BCUT2D eigenvalue weighted by Crippen LogP contribution is -2.36. The number of carbonyl (C=O) groups is 2. The molecular weight excluding hydrogens is 520 g/mol. The number of benzene rings is 2. The molecule has 3 heterocycles. The van der Waals surface area contributed by atoms with E-state index in [0.29, 0.717) is 49.2 Å². The second kappa shape index (κ2) is 10.6. The second-order valence-corrected chi connectivity index (χ2v) is 8.56. The Morgan fingerprint density at radius 1 is 0.897 bits per heavy atom. The molecule has 0 aliphatic carbocycles. The van der Waals surface area contributed by atoms with Gasteiger partial charge in [-0.1, -0.05) is 0 Å². The van der Waals surface area contributed by atoms with Crippen LogP contribution in [0.3, 0.4) is 0 Å². The largest absolute Gasteiger partial charge is 0.433 e. The van der Waals surface area contributed by atoms with Gasteiger partial charge in [0.25, 0.3) is 0 Å². The van der Waals surface area contributed by atoms with E-state index in [1.807, 2.05) is 4.90 Å². The number of ketones is 1. The summed E-state index contributed by atoms with van der Waals surface area (Å²) in [6, 6.07) is 8.96. The summed E-state index contributed by atoms with van der Waals surface area (Å²) < 4.78 is 58.6. The summed E-state index contributed by atoms with van der Waals surface area (Å²) in [4.78, 5) is 39.8. The molecule has 13 heteroatoms. The molecule has 0 atom stereocenters. The number of pyridine rings is 1. The number of anilines is 3. The highest BCUT2D eigenvalue weighted by Gasteiger charge is 2.32. The Balaban J connectivity index is 1.34. The second-order valence-electron chi connectivity index (χ2n) is 8.56. The third-order valence-electron chi connectivity index (χ3n) is 5.90. The molecule has 0 radical (unpaired) electrons. The minimum atomic E-state index is -4.68. The standard InChI is InChI=1S/C26H20F4N6O3/c27-19-3-2-16(33-25(38)34-17-5-6-31-22(13-17)26(28,29)30)12-18(19)24(37)15-1-4-20-21(11-15)35-23(14-32-20)36-7-9-39-10-8-36/h1-6,11-14H,7-10H2,(H2,31,33,34,38). The van der Waals surface area contributed by atoms with E-state index in [0.717, 1.165) is 18.3 Å². The van der Waals surface area contributed by atoms with Gasteiger partial charge in [0.15, 0.2) is 5.78 Å². The molecule has 200 valence electrons. The maximum absolute atomic E-state index is 14.7. The number of rotatable bonds is 5. The zero-order chi connectivity index (χ0) is 27.6. The number of fused-ring (bicyclic) bond motifs is 1. The van der Waals surface area contributed by atoms with Crippen molar-refractivity contribution in [2.45, 2.75) is 6.18 Å². The Morgan fingerprint density at radius 2 is 1.64 bits per heavy atom. The maximum Gasteiger partial charge on any atom is 0.433 e. The van der Waals surface area contributed by atoms with Crippen LogP contribution in [0, 0.1) is 5.82 Å². The topological polar surface area (TPSA) is 109 Å². The fraction of sp³-hybridized carbons (Fsp3) is 0.192. The van der Waals surface area contributed by atoms with Crippen LogP contribution in [-0.2, 0) is 10.9 Å². The molecule has 0 spiro atoms. The smallest absolute Gasteiger partial charge is 0.378 e. The van der Waals surface area contributed by atoms with Crippen molar-refractivity contribution in [3.63, 3.8) is 0 Å².